The molecule has 1 aromatic rings. The van der Waals surface area contributed by atoms with Gasteiger partial charge in [-0.2, -0.15) is 0 Å². The van der Waals surface area contributed by atoms with Crippen LogP contribution in [-0.2, 0) is 17.7 Å². The van der Waals surface area contributed by atoms with Gasteiger partial charge in [-0.1, -0.05) is 24.3 Å². The molecule has 2 saturated heterocycles. The number of aliphatic imine (C=N–C) groups is 1. The first kappa shape index (κ1) is 18.9. The Kier molecular flexibility index (Phi) is 6.57. The normalized spacial score (nSPS) is 26.6. The molecule has 5 nitrogen and oxygen atoms in total. The molecular formula is C19H29IN4O. The van der Waals surface area contributed by atoms with Gasteiger partial charge in [0, 0.05) is 39.3 Å². The van der Waals surface area contributed by atoms with E-state index in [2.05, 4.69) is 44.4 Å². The van der Waals surface area contributed by atoms with Crippen molar-refractivity contribution in [2.24, 2.45) is 4.99 Å². The average Bonchev–Trinajstić information content (AvgIpc) is 3.10. The van der Waals surface area contributed by atoms with Gasteiger partial charge in [-0.3, -0.25) is 9.89 Å². The van der Waals surface area contributed by atoms with E-state index in [1.807, 2.05) is 7.05 Å². The number of rotatable bonds is 2. The second-order valence-corrected chi connectivity index (χ2v) is 7.11. The molecule has 2 atom stereocenters. The molecule has 1 aromatic carbocycles. The molecule has 138 valence electrons. The molecule has 2 unspecified atom stereocenters. The maximum atomic E-state index is 6.05. The second kappa shape index (κ2) is 8.68. The number of guanidine groups is 1. The van der Waals surface area contributed by atoms with E-state index in [0.717, 1.165) is 45.2 Å². The van der Waals surface area contributed by atoms with Crippen LogP contribution in [-0.4, -0.2) is 67.7 Å². The lowest BCUT2D eigenvalue weighted by Crippen LogP contribution is -2.52. The Balaban J connectivity index is 0.00000182. The molecule has 25 heavy (non-hydrogen) atoms. The fraction of sp³-hybridized carbons (Fsp3) is 0.632. The highest BCUT2D eigenvalue weighted by Gasteiger charge is 2.32. The number of hydrogen-bond donors (Lipinski definition) is 1. The van der Waals surface area contributed by atoms with Crippen LogP contribution in [0.3, 0.4) is 0 Å². The molecule has 0 aromatic heterocycles. The summed E-state index contributed by atoms with van der Waals surface area (Å²) in [7, 11) is 1.88. The van der Waals surface area contributed by atoms with Crippen molar-refractivity contribution < 1.29 is 4.74 Å². The van der Waals surface area contributed by atoms with E-state index in [-0.39, 0.29) is 30.1 Å². The standard InChI is InChI=1S/C19H28N4O.HI/c1-20-19(23-10-8-15-5-2-3-6-16(15)12-23)21-11-18-13-22-9-4-7-17(22)14-24-18;/h2-3,5-6,17-18H,4,7-14H2,1H3,(H,20,21);1H. The number of nitrogens with zero attached hydrogens (tertiary/aromatic N) is 3. The maximum absolute atomic E-state index is 6.05. The number of ether oxygens (including phenoxy) is 1. The molecule has 3 aliphatic rings. The zero-order valence-corrected chi connectivity index (χ0v) is 17.3. The zero-order chi connectivity index (χ0) is 16.4. The molecule has 3 heterocycles. The van der Waals surface area contributed by atoms with Crippen LogP contribution in [0.25, 0.3) is 0 Å². The number of halogens is 1. The zero-order valence-electron chi connectivity index (χ0n) is 15.0. The molecule has 0 bridgehead atoms. The van der Waals surface area contributed by atoms with Gasteiger partial charge in [-0.05, 0) is 36.9 Å². The van der Waals surface area contributed by atoms with Gasteiger partial charge in [0.25, 0.3) is 0 Å². The lowest BCUT2D eigenvalue weighted by atomic mass is 10.0. The van der Waals surface area contributed by atoms with Gasteiger partial charge >= 0.3 is 0 Å². The van der Waals surface area contributed by atoms with E-state index in [4.69, 9.17) is 4.74 Å². The lowest BCUT2D eigenvalue weighted by Gasteiger charge is -2.36. The quantitative estimate of drug-likeness (QED) is 0.421. The van der Waals surface area contributed by atoms with Crippen molar-refractivity contribution in [3.05, 3.63) is 35.4 Å². The van der Waals surface area contributed by atoms with Crippen molar-refractivity contribution in [2.45, 2.75) is 38.0 Å². The molecule has 2 fully saturated rings. The number of benzene rings is 1. The summed E-state index contributed by atoms with van der Waals surface area (Å²) in [5.41, 5.74) is 2.89. The molecule has 3 aliphatic heterocycles. The van der Waals surface area contributed by atoms with E-state index in [9.17, 15) is 0 Å². The van der Waals surface area contributed by atoms with E-state index < -0.39 is 0 Å². The highest BCUT2D eigenvalue weighted by molar-refractivity contribution is 14.0. The molecule has 0 saturated carbocycles. The summed E-state index contributed by atoms with van der Waals surface area (Å²) in [5.74, 6) is 0.997. The molecule has 0 radical (unpaired) electrons. The van der Waals surface area contributed by atoms with Gasteiger partial charge in [0.05, 0.1) is 12.7 Å². The molecule has 0 amide bonds. The van der Waals surface area contributed by atoms with Gasteiger partial charge in [0.1, 0.15) is 0 Å². The number of nitrogens with one attached hydrogen (secondary N) is 1. The van der Waals surface area contributed by atoms with Crippen molar-refractivity contribution in [3.8, 4) is 0 Å². The Labute approximate surface area is 167 Å². The predicted octanol–water partition coefficient (Wildman–Crippen LogP) is 2.10. The summed E-state index contributed by atoms with van der Waals surface area (Å²) in [6.07, 6.45) is 3.98. The van der Waals surface area contributed by atoms with Crippen molar-refractivity contribution >= 4 is 29.9 Å². The van der Waals surface area contributed by atoms with E-state index in [0.29, 0.717) is 6.04 Å². The number of morpholine rings is 1. The first-order valence-corrected chi connectivity index (χ1v) is 9.21. The SMILES string of the molecule is CN=C(NCC1CN2CCCC2CO1)N1CCc2ccccc2C1.I. The Bertz CT molecular complexity index is 609. The molecule has 0 aliphatic carbocycles. The maximum Gasteiger partial charge on any atom is 0.194 e. The van der Waals surface area contributed by atoms with Gasteiger partial charge in [0.2, 0.25) is 0 Å². The van der Waals surface area contributed by atoms with Crippen molar-refractivity contribution in [1.82, 2.24) is 15.1 Å². The molecule has 0 spiro atoms. The highest BCUT2D eigenvalue weighted by Crippen LogP contribution is 2.22. The third kappa shape index (κ3) is 4.28. The summed E-state index contributed by atoms with van der Waals surface area (Å²) >= 11 is 0. The van der Waals surface area contributed by atoms with Gasteiger partial charge in [0.15, 0.2) is 5.96 Å². The molecule has 6 heteroatoms. The summed E-state index contributed by atoms with van der Waals surface area (Å²) in [6, 6.07) is 9.39. The molecule has 1 N–H and O–H groups in total. The summed E-state index contributed by atoms with van der Waals surface area (Å²) in [4.78, 5) is 9.44. The van der Waals surface area contributed by atoms with E-state index in [1.165, 1.54) is 30.5 Å². The number of hydrogen-bond acceptors (Lipinski definition) is 3. The molecular weight excluding hydrogens is 427 g/mol. The summed E-state index contributed by atoms with van der Waals surface area (Å²) in [6.45, 7) is 5.99. The number of fused-ring (bicyclic) bond motifs is 2. The fourth-order valence-electron chi connectivity index (χ4n) is 4.22. The Morgan fingerprint density at radius 3 is 2.96 bits per heavy atom. The fourth-order valence-corrected chi connectivity index (χ4v) is 4.22. The minimum absolute atomic E-state index is 0. The third-order valence-corrected chi connectivity index (χ3v) is 5.59. The van der Waals surface area contributed by atoms with Crippen LogP contribution in [0.4, 0.5) is 0 Å². The van der Waals surface area contributed by atoms with Crippen LogP contribution in [0, 0.1) is 0 Å². The van der Waals surface area contributed by atoms with Crippen LogP contribution in [0.1, 0.15) is 24.0 Å². The first-order chi connectivity index (χ1) is 11.8. The highest BCUT2D eigenvalue weighted by atomic mass is 127. The van der Waals surface area contributed by atoms with Crippen LogP contribution in [0.2, 0.25) is 0 Å². The van der Waals surface area contributed by atoms with Crippen molar-refractivity contribution in [3.63, 3.8) is 0 Å². The van der Waals surface area contributed by atoms with Crippen molar-refractivity contribution in [1.29, 1.82) is 0 Å². The topological polar surface area (TPSA) is 40.1 Å². The molecule has 4 rings (SSSR count). The minimum Gasteiger partial charge on any atom is -0.373 e. The summed E-state index contributed by atoms with van der Waals surface area (Å²) in [5, 5.41) is 3.54. The Hall–Kier alpha value is -0.860. The predicted molar refractivity (Wildman–Crippen MR) is 112 cm³/mol. The van der Waals surface area contributed by atoms with Gasteiger partial charge in [-0.25, -0.2) is 0 Å². The monoisotopic (exact) mass is 456 g/mol. The lowest BCUT2D eigenvalue weighted by molar-refractivity contribution is -0.0455. The minimum atomic E-state index is 0. The largest absolute Gasteiger partial charge is 0.373 e. The smallest absolute Gasteiger partial charge is 0.194 e. The van der Waals surface area contributed by atoms with Gasteiger partial charge < -0.3 is 15.0 Å². The van der Waals surface area contributed by atoms with Crippen LogP contribution >= 0.6 is 24.0 Å². The Morgan fingerprint density at radius 1 is 1.28 bits per heavy atom. The first-order valence-electron chi connectivity index (χ1n) is 9.21. The van der Waals surface area contributed by atoms with Gasteiger partial charge in [-0.15, -0.1) is 24.0 Å². The van der Waals surface area contributed by atoms with Crippen LogP contribution in [0.5, 0.6) is 0 Å². The average molecular weight is 456 g/mol. The van der Waals surface area contributed by atoms with E-state index >= 15 is 0 Å². The van der Waals surface area contributed by atoms with Crippen molar-refractivity contribution in [2.75, 3.05) is 39.8 Å². The van der Waals surface area contributed by atoms with E-state index in [1.54, 1.807) is 0 Å². The third-order valence-electron chi connectivity index (χ3n) is 5.59. The Morgan fingerprint density at radius 2 is 2.12 bits per heavy atom. The summed E-state index contributed by atoms with van der Waals surface area (Å²) < 4.78 is 6.05. The van der Waals surface area contributed by atoms with Crippen LogP contribution in [0.15, 0.2) is 29.3 Å². The second-order valence-electron chi connectivity index (χ2n) is 7.11. The van der Waals surface area contributed by atoms with Crippen LogP contribution < -0.4 is 5.32 Å².